The Kier molecular flexibility index (Phi) is 13.4. The molecule has 2 aliphatic heterocycles. The van der Waals surface area contributed by atoms with E-state index in [1.165, 1.54) is 5.56 Å². The first-order valence-electron chi connectivity index (χ1n) is 16.5. The number of para-hydroxylation sites is 1. The van der Waals surface area contributed by atoms with Crippen LogP contribution in [-0.2, 0) is 32.2 Å². The van der Waals surface area contributed by atoms with Crippen LogP contribution in [0.25, 0.3) is 0 Å². The number of fused-ring (bicyclic) bond motifs is 1. The summed E-state index contributed by atoms with van der Waals surface area (Å²) in [5, 5.41) is 8.51. The topological polar surface area (TPSA) is 129 Å². The van der Waals surface area contributed by atoms with Crippen LogP contribution in [0, 0.1) is 5.92 Å². The molecule has 11 nitrogen and oxygen atoms in total. The van der Waals surface area contributed by atoms with Crippen molar-refractivity contribution in [2.24, 2.45) is 5.92 Å². The van der Waals surface area contributed by atoms with Gasteiger partial charge in [-0.25, -0.2) is 0 Å². The van der Waals surface area contributed by atoms with E-state index in [2.05, 4.69) is 27.8 Å². The molecule has 4 rings (SSSR count). The summed E-state index contributed by atoms with van der Waals surface area (Å²) in [5.74, 6) is -1.19. The van der Waals surface area contributed by atoms with Crippen molar-refractivity contribution in [1.82, 2.24) is 25.8 Å². The highest BCUT2D eigenvalue weighted by Gasteiger charge is 2.31. The van der Waals surface area contributed by atoms with Gasteiger partial charge in [0.05, 0.1) is 31.7 Å². The highest BCUT2D eigenvalue weighted by molar-refractivity contribution is 6.01. The second-order valence-electron chi connectivity index (χ2n) is 12.4. The van der Waals surface area contributed by atoms with Gasteiger partial charge in [-0.2, -0.15) is 0 Å². The number of morpholine rings is 1. The Morgan fingerprint density at radius 1 is 0.957 bits per heavy atom. The minimum atomic E-state index is -1.17. The normalized spacial score (nSPS) is 20.3. The predicted molar refractivity (Wildman–Crippen MR) is 175 cm³/mol. The van der Waals surface area contributed by atoms with Crippen molar-refractivity contribution in [2.45, 2.75) is 71.6 Å². The Hall–Kier alpha value is -3.96. The fourth-order valence-corrected chi connectivity index (χ4v) is 5.62. The minimum Gasteiger partial charge on any atom is -0.491 e. The van der Waals surface area contributed by atoms with Gasteiger partial charge in [-0.3, -0.25) is 24.1 Å². The SMILES string of the molecule is CCCCN1CCOc2ccccc2C(=O)N[C@H](C(=O)NCc2ccc(CN3CCOCC3)cc2)CC(=O)N[C@@H](CC(C)C)C1=O. The van der Waals surface area contributed by atoms with Crippen LogP contribution in [0.5, 0.6) is 5.75 Å². The van der Waals surface area contributed by atoms with Crippen LogP contribution < -0.4 is 20.7 Å². The zero-order valence-electron chi connectivity index (χ0n) is 27.4. The lowest BCUT2D eigenvalue weighted by Gasteiger charge is -2.30. The fraction of sp³-hybridized carbons (Fsp3) is 0.543. The lowest BCUT2D eigenvalue weighted by Crippen LogP contribution is -2.53. The summed E-state index contributed by atoms with van der Waals surface area (Å²) in [6.45, 7) is 11.4. The first kappa shape index (κ1) is 34.9. The molecule has 2 heterocycles. The Labute approximate surface area is 272 Å². The number of carbonyl (C=O) groups is 4. The highest BCUT2D eigenvalue weighted by atomic mass is 16.5. The molecule has 11 heteroatoms. The molecule has 3 N–H and O–H groups in total. The van der Waals surface area contributed by atoms with Gasteiger partial charge in [0.2, 0.25) is 17.7 Å². The van der Waals surface area contributed by atoms with E-state index in [0.717, 1.165) is 51.3 Å². The van der Waals surface area contributed by atoms with Crippen LogP contribution in [0.4, 0.5) is 0 Å². The third-order valence-electron chi connectivity index (χ3n) is 8.20. The van der Waals surface area contributed by atoms with Crippen molar-refractivity contribution in [3.05, 3.63) is 65.2 Å². The summed E-state index contributed by atoms with van der Waals surface area (Å²) in [4.78, 5) is 58.1. The maximum absolute atomic E-state index is 13.7. The van der Waals surface area contributed by atoms with Crippen LogP contribution in [-0.4, -0.2) is 91.5 Å². The van der Waals surface area contributed by atoms with E-state index in [1.807, 2.05) is 38.1 Å². The molecule has 0 saturated carbocycles. The third kappa shape index (κ3) is 10.6. The van der Waals surface area contributed by atoms with E-state index < -0.39 is 29.8 Å². The molecule has 0 aliphatic carbocycles. The summed E-state index contributed by atoms with van der Waals surface area (Å²) in [6, 6.07) is 12.9. The van der Waals surface area contributed by atoms with Gasteiger partial charge in [0.25, 0.3) is 5.91 Å². The molecule has 1 saturated heterocycles. The Balaban J connectivity index is 1.50. The molecule has 0 unspecified atom stereocenters. The number of hydrogen-bond acceptors (Lipinski definition) is 7. The average Bonchev–Trinajstić information content (AvgIpc) is 3.05. The Morgan fingerprint density at radius 3 is 2.39 bits per heavy atom. The van der Waals surface area contributed by atoms with Crippen LogP contribution in [0.15, 0.2) is 48.5 Å². The summed E-state index contributed by atoms with van der Waals surface area (Å²) in [5.41, 5.74) is 2.31. The maximum atomic E-state index is 13.7. The fourth-order valence-electron chi connectivity index (χ4n) is 5.62. The van der Waals surface area contributed by atoms with Crippen LogP contribution >= 0.6 is 0 Å². The standard InChI is InChI=1S/C35H49N5O6/c1-4-5-14-40-17-20-46-31-9-7-6-8-28(31)33(42)38-29(22-32(41)37-30(35(40)44)21-25(2)3)34(43)36-23-26-10-12-27(13-11-26)24-39-15-18-45-19-16-39/h6-13,25,29-30H,4-5,14-24H2,1-3H3,(H,36,43)(H,37,41)(H,38,42)/t29-,30-/m0/s1. The predicted octanol–water partition coefficient (Wildman–Crippen LogP) is 2.88. The maximum Gasteiger partial charge on any atom is 0.255 e. The monoisotopic (exact) mass is 635 g/mol. The number of benzene rings is 2. The molecule has 0 radical (unpaired) electrons. The lowest BCUT2D eigenvalue weighted by molar-refractivity contribution is -0.137. The number of ether oxygens (including phenoxy) is 2. The van der Waals surface area contributed by atoms with Crippen LogP contribution in [0.2, 0.25) is 0 Å². The van der Waals surface area contributed by atoms with Gasteiger partial charge in [0.15, 0.2) is 0 Å². The molecule has 2 aromatic carbocycles. The van der Waals surface area contributed by atoms with E-state index in [0.29, 0.717) is 25.3 Å². The summed E-state index contributed by atoms with van der Waals surface area (Å²) in [7, 11) is 0. The molecule has 1 fully saturated rings. The second kappa shape index (κ2) is 17.7. The summed E-state index contributed by atoms with van der Waals surface area (Å²) < 4.78 is 11.4. The van der Waals surface area contributed by atoms with Crippen LogP contribution in [0.3, 0.4) is 0 Å². The molecule has 4 amide bonds. The number of carbonyl (C=O) groups excluding carboxylic acids is 4. The number of nitrogens with zero attached hydrogens (tertiary/aromatic N) is 2. The Bertz CT molecular complexity index is 1310. The van der Waals surface area contributed by atoms with E-state index in [4.69, 9.17) is 9.47 Å². The van der Waals surface area contributed by atoms with Gasteiger partial charge in [0.1, 0.15) is 24.4 Å². The highest BCUT2D eigenvalue weighted by Crippen LogP contribution is 2.19. The van der Waals surface area contributed by atoms with Gasteiger partial charge < -0.3 is 30.3 Å². The third-order valence-corrected chi connectivity index (χ3v) is 8.20. The molecular formula is C35H49N5O6. The van der Waals surface area contributed by atoms with Crippen molar-refractivity contribution in [3.63, 3.8) is 0 Å². The first-order valence-corrected chi connectivity index (χ1v) is 16.5. The minimum absolute atomic E-state index is 0.142. The molecule has 0 bridgehead atoms. The zero-order valence-corrected chi connectivity index (χ0v) is 27.4. The molecule has 2 aromatic rings. The molecule has 2 atom stereocenters. The second-order valence-corrected chi connectivity index (χ2v) is 12.4. The van der Waals surface area contributed by atoms with Crippen LogP contribution in [0.1, 0.15) is 67.9 Å². The van der Waals surface area contributed by atoms with Gasteiger partial charge in [-0.1, -0.05) is 63.6 Å². The molecule has 0 spiro atoms. The number of hydrogen-bond donors (Lipinski definition) is 3. The van der Waals surface area contributed by atoms with Gasteiger partial charge in [-0.15, -0.1) is 0 Å². The quantitative estimate of drug-likeness (QED) is 0.366. The smallest absolute Gasteiger partial charge is 0.255 e. The molecular weight excluding hydrogens is 586 g/mol. The number of nitrogens with one attached hydrogen (secondary N) is 3. The lowest BCUT2D eigenvalue weighted by atomic mass is 10.0. The summed E-state index contributed by atoms with van der Waals surface area (Å²) >= 11 is 0. The number of rotatable bonds is 10. The van der Waals surface area contributed by atoms with E-state index in [1.54, 1.807) is 29.2 Å². The van der Waals surface area contributed by atoms with E-state index in [-0.39, 0.29) is 37.0 Å². The van der Waals surface area contributed by atoms with Crippen molar-refractivity contribution in [2.75, 3.05) is 46.0 Å². The first-order chi connectivity index (χ1) is 22.2. The van der Waals surface area contributed by atoms with Crippen molar-refractivity contribution < 1.29 is 28.7 Å². The number of amides is 4. The Morgan fingerprint density at radius 2 is 1.67 bits per heavy atom. The zero-order chi connectivity index (χ0) is 32.9. The molecule has 250 valence electrons. The largest absolute Gasteiger partial charge is 0.491 e. The molecule has 2 aliphatic rings. The molecule has 46 heavy (non-hydrogen) atoms. The van der Waals surface area contributed by atoms with Crippen molar-refractivity contribution >= 4 is 23.6 Å². The van der Waals surface area contributed by atoms with Crippen molar-refractivity contribution in [1.29, 1.82) is 0 Å². The van der Waals surface area contributed by atoms with Gasteiger partial charge in [0, 0.05) is 32.7 Å². The van der Waals surface area contributed by atoms with Gasteiger partial charge in [-0.05, 0) is 42.0 Å². The average molecular weight is 636 g/mol. The number of unbranched alkanes of at least 4 members (excludes halogenated alkanes) is 1. The van der Waals surface area contributed by atoms with E-state index >= 15 is 0 Å². The van der Waals surface area contributed by atoms with E-state index in [9.17, 15) is 19.2 Å². The van der Waals surface area contributed by atoms with Gasteiger partial charge >= 0.3 is 0 Å². The summed E-state index contributed by atoms with van der Waals surface area (Å²) in [6.07, 6.45) is 1.84. The molecule has 0 aromatic heterocycles. The van der Waals surface area contributed by atoms with Crippen molar-refractivity contribution in [3.8, 4) is 5.75 Å².